The monoisotopic (exact) mass is 221 g/mol. The number of hydrogen-bond donors (Lipinski definition) is 3. The highest BCUT2D eigenvalue weighted by Crippen LogP contribution is 2.32. The van der Waals surface area contributed by atoms with Crippen LogP contribution < -0.4 is 4.74 Å². The van der Waals surface area contributed by atoms with Crippen LogP contribution in [0.1, 0.15) is 0 Å². The van der Waals surface area contributed by atoms with Crippen LogP contribution in [0.5, 0.6) is 17.4 Å². The number of aromatic hydroxyl groups is 2. The lowest BCUT2D eigenvalue weighted by Gasteiger charge is -2.05. The molecule has 16 heavy (non-hydrogen) atoms. The third-order valence-electron chi connectivity index (χ3n) is 1.96. The van der Waals surface area contributed by atoms with Gasteiger partial charge in [-0.3, -0.25) is 0 Å². The zero-order chi connectivity index (χ0) is 11.7. The summed E-state index contributed by atoms with van der Waals surface area (Å²) in [5.74, 6) is -0.667. The van der Waals surface area contributed by atoms with E-state index >= 15 is 0 Å². The Hall–Kier alpha value is -2.50. The number of carboxylic acid groups (broad SMARTS) is 1. The van der Waals surface area contributed by atoms with Crippen LogP contribution in [0.2, 0.25) is 0 Å². The fraction of sp³-hybridized carbons (Fsp3) is 0. The van der Waals surface area contributed by atoms with Gasteiger partial charge >= 0.3 is 6.16 Å². The number of rotatable bonds is 1. The van der Waals surface area contributed by atoms with Gasteiger partial charge in [0.05, 0.1) is 0 Å². The van der Waals surface area contributed by atoms with Gasteiger partial charge in [-0.1, -0.05) is 6.07 Å². The van der Waals surface area contributed by atoms with Crippen molar-refractivity contribution in [1.29, 1.82) is 0 Å². The molecule has 6 nitrogen and oxygen atoms in total. The molecule has 1 aromatic carbocycles. The van der Waals surface area contributed by atoms with Gasteiger partial charge < -0.3 is 20.1 Å². The highest BCUT2D eigenvalue weighted by Gasteiger charge is 2.10. The second kappa shape index (κ2) is 3.58. The van der Waals surface area contributed by atoms with Crippen molar-refractivity contribution < 1.29 is 24.9 Å². The smallest absolute Gasteiger partial charge is 0.507 e. The zero-order valence-corrected chi connectivity index (χ0v) is 7.91. The van der Waals surface area contributed by atoms with Crippen molar-refractivity contribution in [3.8, 4) is 17.4 Å². The number of para-hydroxylation sites is 1. The Balaban J connectivity index is 2.65. The summed E-state index contributed by atoms with van der Waals surface area (Å²) >= 11 is 0. The lowest BCUT2D eigenvalue weighted by Crippen LogP contribution is -2.04. The van der Waals surface area contributed by atoms with E-state index in [0.717, 1.165) is 6.07 Å². The molecule has 0 aliphatic rings. The topological polar surface area (TPSA) is 99.9 Å². The van der Waals surface area contributed by atoms with E-state index in [1.165, 1.54) is 12.1 Å². The summed E-state index contributed by atoms with van der Waals surface area (Å²) in [4.78, 5) is 14.1. The number of phenols is 1. The van der Waals surface area contributed by atoms with E-state index in [2.05, 4.69) is 9.72 Å². The van der Waals surface area contributed by atoms with Crippen molar-refractivity contribution in [3.05, 3.63) is 24.3 Å². The van der Waals surface area contributed by atoms with E-state index in [9.17, 15) is 15.0 Å². The largest absolute Gasteiger partial charge is 0.512 e. The van der Waals surface area contributed by atoms with Crippen LogP contribution in [-0.4, -0.2) is 26.5 Å². The van der Waals surface area contributed by atoms with Gasteiger partial charge in [0.1, 0.15) is 17.0 Å². The zero-order valence-electron chi connectivity index (χ0n) is 7.91. The Morgan fingerprint density at radius 1 is 1.25 bits per heavy atom. The standard InChI is InChI=1S/C10H7NO5/c12-6-3-1-2-5-7(13)4-8(11-9(5)6)16-10(14)15/h1-4,12H,(H,11,13)(H,14,15). The minimum absolute atomic E-state index is 0.0822. The Morgan fingerprint density at radius 2 is 2.00 bits per heavy atom. The molecular formula is C10H7NO5. The van der Waals surface area contributed by atoms with Crippen LogP contribution >= 0.6 is 0 Å². The molecule has 0 saturated carbocycles. The first-order chi connectivity index (χ1) is 7.58. The van der Waals surface area contributed by atoms with E-state index < -0.39 is 6.16 Å². The van der Waals surface area contributed by atoms with E-state index in [1.54, 1.807) is 6.07 Å². The molecule has 0 unspecified atom stereocenters. The third-order valence-corrected chi connectivity index (χ3v) is 1.96. The number of fused-ring (bicyclic) bond motifs is 1. The molecule has 0 atom stereocenters. The summed E-state index contributed by atoms with van der Waals surface area (Å²) in [7, 11) is 0. The van der Waals surface area contributed by atoms with Gasteiger partial charge in [-0.25, -0.2) is 9.78 Å². The molecule has 2 rings (SSSR count). The van der Waals surface area contributed by atoms with Crippen LogP contribution in [0, 0.1) is 0 Å². The van der Waals surface area contributed by atoms with Gasteiger partial charge in [0.15, 0.2) is 0 Å². The Morgan fingerprint density at radius 3 is 2.69 bits per heavy atom. The summed E-state index contributed by atoms with van der Waals surface area (Å²) in [6, 6.07) is 5.52. The minimum Gasteiger partial charge on any atom is -0.507 e. The molecule has 82 valence electrons. The number of phenolic OH excluding ortho intramolecular Hbond substituents is 1. The molecule has 1 aromatic heterocycles. The summed E-state index contributed by atoms with van der Waals surface area (Å²) in [5, 5.41) is 27.8. The summed E-state index contributed by atoms with van der Waals surface area (Å²) in [6.07, 6.45) is -1.54. The highest BCUT2D eigenvalue weighted by molar-refractivity contribution is 5.90. The maximum atomic E-state index is 10.3. The quantitative estimate of drug-likeness (QED) is 0.634. The van der Waals surface area contributed by atoms with Crippen molar-refractivity contribution in [3.63, 3.8) is 0 Å². The van der Waals surface area contributed by atoms with Crippen molar-refractivity contribution in [2.24, 2.45) is 0 Å². The molecule has 0 fully saturated rings. The molecule has 0 aliphatic carbocycles. The van der Waals surface area contributed by atoms with Gasteiger partial charge in [0, 0.05) is 11.5 Å². The molecule has 3 N–H and O–H groups in total. The fourth-order valence-corrected chi connectivity index (χ4v) is 1.33. The van der Waals surface area contributed by atoms with Gasteiger partial charge in [0.2, 0.25) is 5.88 Å². The second-order valence-electron chi connectivity index (χ2n) is 3.02. The van der Waals surface area contributed by atoms with Gasteiger partial charge in [-0.05, 0) is 12.1 Å². The molecule has 0 bridgehead atoms. The van der Waals surface area contributed by atoms with Crippen molar-refractivity contribution in [2.75, 3.05) is 0 Å². The normalized spacial score (nSPS) is 10.2. The number of ether oxygens (including phenoxy) is 1. The molecule has 0 spiro atoms. The fourth-order valence-electron chi connectivity index (χ4n) is 1.33. The Bertz CT molecular complexity index is 566. The maximum absolute atomic E-state index is 10.3. The number of pyridine rings is 1. The maximum Gasteiger partial charge on any atom is 0.512 e. The van der Waals surface area contributed by atoms with Crippen LogP contribution in [0.25, 0.3) is 10.9 Å². The predicted octanol–water partition coefficient (Wildman–Crippen LogP) is 1.70. The van der Waals surface area contributed by atoms with Gasteiger partial charge in [0.25, 0.3) is 0 Å². The second-order valence-corrected chi connectivity index (χ2v) is 3.02. The molecular weight excluding hydrogens is 214 g/mol. The highest BCUT2D eigenvalue weighted by atomic mass is 16.7. The Kier molecular flexibility index (Phi) is 2.24. The molecule has 2 aromatic rings. The first-order valence-corrected chi connectivity index (χ1v) is 4.30. The van der Waals surface area contributed by atoms with Crippen LogP contribution in [-0.2, 0) is 0 Å². The molecule has 0 amide bonds. The lowest BCUT2D eigenvalue weighted by atomic mass is 10.2. The van der Waals surface area contributed by atoms with Crippen molar-refractivity contribution in [2.45, 2.75) is 0 Å². The average Bonchev–Trinajstić information content (AvgIpc) is 2.19. The van der Waals surface area contributed by atoms with Crippen LogP contribution in [0.4, 0.5) is 4.79 Å². The van der Waals surface area contributed by atoms with Crippen LogP contribution in [0.3, 0.4) is 0 Å². The molecule has 0 saturated heterocycles. The average molecular weight is 221 g/mol. The lowest BCUT2D eigenvalue weighted by molar-refractivity contribution is 0.142. The van der Waals surface area contributed by atoms with Gasteiger partial charge in [-0.2, -0.15) is 0 Å². The molecule has 0 aliphatic heterocycles. The van der Waals surface area contributed by atoms with Crippen molar-refractivity contribution in [1.82, 2.24) is 4.98 Å². The summed E-state index contributed by atoms with van der Waals surface area (Å²) < 4.78 is 4.29. The van der Waals surface area contributed by atoms with Gasteiger partial charge in [-0.15, -0.1) is 0 Å². The van der Waals surface area contributed by atoms with Crippen LogP contribution in [0.15, 0.2) is 24.3 Å². The number of benzene rings is 1. The Labute approximate surface area is 89.4 Å². The predicted molar refractivity (Wildman–Crippen MR) is 53.7 cm³/mol. The number of hydrogen-bond acceptors (Lipinski definition) is 5. The number of carbonyl (C=O) groups is 1. The van der Waals surface area contributed by atoms with Crippen molar-refractivity contribution >= 4 is 17.1 Å². The third kappa shape index (κ3) is 1.68. The molecule has 1 heterocycles. The minimum atomic E-state index is -1.54. The number of aromatic nitrogens is 1. The number of nitrogens with zero attached hydrogens (tertiary/aromatic N) is 1. The SMILES string of the molecule is O=C(O)Oc1cc(O)c2cccc(O)c2n1. The van der Waals surface area contributed by atoms with E-state index in [-0.39, 0.29) is 22.9 Å². The van der Waals surface area contributed by atoms with E-state index in [0.29, 0.717) is 5.39 Å². The van der Waals surface area contributed by atoms with E-state index in [4.69, 9.17) is 5.11 Å². The summed E-state index contributed by atoms with van der Waals surface area (Å²) in [6.45, 7) is 0. The molecule has 0 radical (unpaired) electrons. The first kappa shape index (κ1) is 10.0. The molecule has 6 heteroatoms. The summed E-state index contributed by atoms with van der Waals surface area (Å²) in [5.41, 5.74) is 0.0822. The first-order valence-electron chi connectivity index (χ1n) is 4.30. The van der Waals surface area contributed by atoms with E-state index in [1.807, 2.05) is 0 Å².